The van der Waals surface area contributed by atoms with Gasteiger partial charge in [-0.2, -0.15) is 13.2 Å². The van der Waals surface area contributed by atoms with E-state index in [0.717, 1.165) is 0 Å². The van der Waals surface area contributed by atoms with E-state index >= 15 is 0 Å². The molecular formula is C17H16F3N3O2S. The summed E-state index contributed by atoms with van der Waals surface area (Å²) in [4.78, 5) is 27.4. The highest BCUT2D eigenvalue weighted by atomic mass is 32.2. The summed E-state index contributed by atoms with van der Waals surface area (Å²) < 4.78 is 37.5. The van der Waals surface area contributed by atoms with Crippen LogP contribution in [0.25, 0.3) is 0 Å². The average molecular weight is 383 g/mol. The predicted octanol–water partition coefficient (Wildman–Crippen LogP) is 4.14. The molecule has 0 spiro atoms. The Morgan fingerprint density at radius 1 is 1.19 bits per heavy atom. The maximum absolute atomic E-state index is 12.5. The van der Waals surface area contributed by atoms with Crippen LogP contribution in [0.3, 0.4) is 0 Å². The lowest BCUT2D eigenvalue weighted by molar-refractivity contribution is -0.114. The number of halogens is 3. The topological polar surface area (TPSA) is 71.1 Å². The lowest BCUT2D eigenvalue weighted by Crippen LogP contribution is -2.26. The van der Waals surface area contributed by atoms with E-state index in [1.165, 1.54) is 43.5 Å². The minimum Gasteiger partial charge on any atom is -0.346 e. The van der Waals surface area contributed by atoms with Gasteiger partial charge in [0.05, 0.1) is 6.04 Å². The summed E-state index contributed by atoms with van der Waals surface area (Å²) in [5, 5.41) is 5.19. The Kier molecular flexibility index (Phi) is 6.25. The number of carbonyl (C=O) groups is 2. The van der Waals surface area contributed by atoms with Gasteiger partial charge in [-0.25, -0.2) is 4.98 Å². The van der Waals surface area contributed by atoms with Crippen molar-refractivity contribution in [1.29, 1.82) is 0 Å². The molecular weight excluding hydrogens is 367 g/mol. The van der Waals surface area contributed by atoms with Crippen LogP contribution in [0.4, 0.5) is 19.0 Å². The van der Waals surface area contributed by atoms with Gasteiger partial charge in [-0.3, -0.25) is 9.59 Å². The van der Waals surface area contributed by atoms with Crippen LogP contribution in [0.15, 0.2) is 47.5 Å². The number of thioether (sulfide) groups is 1. The molecule has 0 bridgehead atoms. The first-order chi connectivity index (χ1) is 12.1. The van der Waals surface area contributed by atoms with Crippen molar-refractivity contribution in [2.75, 3.05) is 5.32 Å². The second-order valence-electron chi connectivity index (χ2n) is 5.43. The Morgan fingerprint density at radius 3 is 2.58 bits per heavy atom. The molecule has 9 heteroatoms. The number of amides is 2. The van der Waals surface area contributed by atoms with Crippen LogP contribution in [-0.2, 0) is 4.79 Å². The number of nitrogens with one attached hydrogen (secondary N) is 2. The predicted molar refractivity (Wildman–Crippen MR) is 92.8 cm³/mol. The summed E-state index contributed by atoms with van der Waals surface area (Å²) in [6, 6.07) is 8.28. The number of aromatic nitrogens is 1. The van der Waals surface area contributed by atoms with Crippen molar-refractivity contribution in [2.45, 2.75) is 30.3 Å². The zero-order valence-corrected chi connectivity index (χ0v) is 14.7. The summed E-state index contributed by atoms with van der Waals surface area (Å²) in [6.45, 7) is 2.99. The zero-order valence-electron chi connectivity index (χ0n) is 13.9. The van der Waals surface area contributed by atoms with Crippen LogP contribution in [-0.4, -0.2) is 22.3 Å². The van der Waals surface area contributed by atoms with Gasteiger partial charge in [0, 0.05) is 23.6 Å². The van der Waals surface area contributed by atoms with Gasteiger partial charge in [-0.05, 0) is 48.5 Å². The SMILES string of the molecule is CC(=O)Nc1cc(C(=O)NC(C)c2cccc(SC(F)(F)F)c2)ccn1. The third-order valence-electron chi connectivity index (χ3n) is 3.27. The summed E-state index contributed by atoms with van der Waals surface area (Å²) >= 11 is -0.206. The number of rotatable bonds is 5. The Labute approximate surface area is 152 Å². The number of benzene rings is 1. The van der Waals surface area contributed by atoms with Crippen molar-refractivity contribution in [3.05, 3.63) is 53.7 Å². The number of hydrogen-bond acceptors (Lipinski definition) is 4. The number of nitrogens with zero attached hydrogens (tertiary/aromatic N) is 1. The molecule has 138 valence electrons. The summed E-state index contributed by atoms with van der Waals surface area (Å²) in [6.07, 6.45) is 1.38. The highest BCUT2D eigenvalue weighted by molar-refractivity contribution is 8.00. The molecule has 0 fully saturated rings. The molecule has 1 aromatic carbocycles. The van der Waals surface area contributed by atoms with Crippen LogP contribution in [0.5, 0.6) is 0 Å². The van der Waals surface area contributed by atoms with E-state index < -0.39 is 17.5 Å². The van der Waals surface area contributed by atoms with E-state index in [2.05, 4.69) is 15.6 Å². The first kappa shape index (κ1) is 19.8. The molecule has 0 aliphatic heterocycles. The van der Waals surface area contributed by atoms with Crippen LogP contribution in [0.2, 0.25) is 0 Å². The average Bonchev–Trinajstić information content (AvgIpc) is 2.53. The van der Waals surface area contributed by atoms with Gasteiger partial charge in [0.1, 0.15) is 5.82 Å². The molecule has 1 atom stereocenters. The maximum atomic E-state index is 12.5. The fourth-order valence-electron chi connectivity index (χ4n) is 2.16. The molecule has 26 heavy (non-hydrogen) atoms. The van der Waals surface area contributed by atoms with E-state index in [4.69, 9.17) is 0 Å². The van der Waals surface area contributed by atoms with Crippen molar-refractivity contribution in [3.8, 4) is 0 Å². The van der Waals surface area contributed by atoms with Crippen molar-refractivity contribution in [2.24, 2.45) is 0 Å². The lowest BCUT2D eigenvalue weighted by Gasteiger charge is -2.16. The number of anilines is 1. The van der Waals surface area contributed by atoms with Gasteiger partial charge in [0.15, 0.2) is 0 Å². The van der Waals surface area contributed by atoms with Crippen molar-refractivity contribution in [3.63, 3.8) is 0 Å². The number of carbonyl (C=O) groups excluding carboxylic acids is 2. The molecule has 0 aliphatic rings. The Hall–Kier alpha value is -2.55. The lowest BCUT2D eigenvalue weighted by atomic mass is 10.1. The molecule has 2 rings (SSSR count). The molecule has 2 aromatic rings. The molecule has 5 nitrogen and oxygen atoms in total. The first-order valence-electron chi connectivity index (χ1n) is 7.54. The molecule has 0 saturated carbocycles. The highest BCUT2D eigenvalue weighted by Gasteiger charge is 2.29. The molecule has 1 heterocycles. The van der Waals surface area contributed by atoms with Crippen molar-refractivity contribution >= 4 is 29.4 Å². The third-order valence-corrected chi connectivity index (χ3v) is 3.99. The first-order valence-corrected chi connectivity index (χ1v) is 8.36. The second kappa shape index (κ2) is 8.22. The van der Waals surface area contributed by atoms with E-state index in [1.807, 2.05) is 0 Å². The zero-order chi connectivity index (χ0) is 19.3. The Balaban J connectivity index is 2.09. The number of hydrogen-bond donors (Lipinski definition) is 2. The summed E-state index contributed by atoms with van der Waals surface area (Å²) in [5.74, 6) is -0.510. The largest absolute Gasteiger partial charge is 0.446 e. The van der Waals surface area contributed by atoms with Crippen LogP contribution in [0.1, 0.15) is 35.8 Å². The Bertz CT molecular complexity index is 812. The number of pyridine rings is 1. The van der Waals surface area contributed by atoms with Crippen LogP contribution >= 0.6 is 11.8 Å². The molecule has 1 aromatic heterocycles. The standard InChI is InChI=1S/C17H16F3N3O2S/c1-10(12-4-3-5-14(8-12)26-17(18,19)20)22-16(25)13-6-7-21-15(9-13)23-11(2)24/h3-10H,1-2H3,(H,22,25)(H,21,23,24). The summed E-state index contributed by atoms with van der Waals surface area (Å²) in [5.41, 5.74) is -3.55. The minimum absolute atomic E-state index is 0.0490. The maximum Gasteiger partial charge on any atom is 0.446 e. The van der Waals surface area contributed by atoms with E-state index in [0.29, 0.717) is 5.56 Å². The van der Waals surface area contributed by atoms with Crippen LogP contribution in [0, 0.1) is 0 Å². The summed E-state index contributed by atoms with van der Waals surface area (Å²) in [7, 11) is 0. The van der Waals surface area contributed by atoms with Crippen LogP contribution < -0.4 is 10.6 Å². The molecule has 1 unspecified atom stereocenters. The van der Waals surface area contributed by atoms with Gasteiger partial charge in [0.2, 0.25) is 5.91 Å². The smallest absolute Gasteiger partial charge is 0.346 e. The molecule has 0 aliphatic carbocycles. The van der Waals surface area contributed by atoms with Gasteiger partial charge in [-0.15, -0.1) is 0 Å². The molecule has 2 N–H and O–H groups in total. The molecule has 0 saturated heterocycles. The fourth-order valence-corrected chi connectivity index (χ4v) is 2.77. The normalized spacial score (nSPS) is 12.3. The van der Waals surface area contributed by atoms with Gasteiger partial charge in [-0.1, -0.05) is 12.1 Å². The third kappa shape index (κ3) is 6.07. The number of alkyl halides is 3. The van der Waals surface area contributed by atoms with Gasteiger partial charge >= 0.3 is 5.51 Å². The van der Waals surface area contributed by atoms with Crippen molar-refractivity contribution in [1.82, 2.24) is 10.3 Å². The van der Waals surface area contributed by atoms with Gasteiger partial charge in [0.25, 0.3) is 5.91 Å². The second-order valence-corrected chi connectivity index (χ2v) is 6.56. The molecule has 0 radical (unpaired) electrons. The van der Waals surface area contributed by atoms with E-state index in [1.54, 1.807) is 13.0 Å². The Morgan fingerprint density at radius 2 is 1.92 bits per heavy atom. The monoisotopic (exact) mass is 383 g/mol. The minimum atomic E-state index is -4.37. The van der Waals surface area contributed by atoms with E-state index in [-0.39, 0.29) is 33.9 Å². The van der Waals surface area contributed by atoms with Crippen molar-refractivity contribution < 1.29 is 22.8 Å². The highest BCUT2D eigenvalue weighted by Crippen LogP contribution is 2.37. The quantitative estimate of drug-likeness (QED) is 0.761. The fraction of sp³-hybridized carbons (Fsp3) is 0.235. The van der Waals surface area contributed by atoms with Gasteiger partial charge < -0.3 is 10.6 Å². The molecule has 2 amide bonds. The van der Waals surface area contributed by atoms with E-state index in [9.17, 15) is 22.8 Å².